The molecule has 184 valence electrons. The Bertz CT molecular complexity index is 1310. The standard InChI is InChI=1S/C28H28N4O4/c1-19-24(27(33)35-3)26(23-7-4-12-29-16-23)25(20(2)31-19)28(34)36-15-5-6-21-8-10-22(11-9-21)17-32-14-13-30-18-32/h4-14,16,18,26,31H,15,17H2,1-3H3. The second-order valence-corrected chi connectivity index (χ2v) is 8.39. The van der Waals surface area contributed by atoms with Gasteiger partial charge in [0.2, 0.25) is 0 Å². The molecule has 36 heavy (non-hydrogen) atoms. The minimum atomic E-state index is -0.646. The summed E-state index contributed by atoms with van der Waals surface area (Å²) in [4.78, 5) is 34.1. The molecule has 3 aromatic rings. The van der Waals surface area contributed by atoms with Crippen LogP contribution in [0.4, 0.5) is 0 Å². The molecular weight excluding hydrogens is 456 g/mol. The maximum absolute atomic E-state index is 13.2. The van der Waals surface area contributed by atoms with Crippen LogP contribution >= 0.6 is 0 Å². The first-order chi connectivity index (χ1) is 17.5. The van der Waals surface area contributed by atoms with Gasteiger partial charge in [0.1, 0.15) is 6.61 Å². The Morgan fingerprint density at radius 2 is 1.78 bits per heavy atom. The first-order valence-electron chi connectivity index (χ1n) is 11.5. The molecule has 4 rings (SSSR count). The number of carbonyl (C=O) groups is 2. The van der Waals surface area contributed by atoms with Gasteiger partial charge in [-0.25, -0.2) is 14.6 Å². The van der Waals surface area contributed by atoms with Crippen LogP contribution in [0.2, 0.25) is 0 Å². The van der Waals surface area contributed by atoms with Crippen molar-refractivity contribution in [3.05, 3.63) is 113 Å². The molecule has 2 aromatic heterocycles. The molecule has 3 heterocycles. The van der Waals surface area contributed by atoms with E-state index in [0.29, 0.717) is 28.1 Å². The minimum Gasteiger partial charge on any atom is -0.466 e. The summed E-state index contributed by atoms with van der Waals surface area (Å²) in [6.07, 6.45) is 12.4. The maximum Gasteiger partial charge on any atom is 0.337 e. The van der Waals surface area contributed by atoms with Crippen LogP contribution in [-0.4, -0.2) is 40.2 Å². The van der Waals surface area contributed by atoms with Crippen LogP contribution in [0.1, 0.15) is 36.5 Å². The van der Waals surface area contributed by atoms with Crippen molar-refractivity contribution in [1.82, 2.24) is 19.9 Å². The lowest BCUT2D eigenvalue weighted by molar-refractivity contribution is -0.138. The lowest BCUT2D eigenvalue weighted by Gasteiger charge is -2.30. The number of imidazole rings is 1. The summed E-state index contributed by atoms with van der Waals surface area (Å²) in [5.74, 6) is -1.67. The minimum absolute atomic E-state index is 0.0857. The summed E-state index contributed by atoms with van der Waals surface area (Å²) in [5, 5.41) is 3.13. The van der Waals surface area contributed by atoms with E-state index in [1.165, 1.54) is 7.11 Å². The number of hydrogen-bond donors (Lipinski definition) is 1. The third-order valence-electron chi connectivity index (χ3n) is 5.93. The third kappa shape index (κ3) is 5.60. The van der Waals surface area contributed by atoms with Crippen molar-refractivity contribution < 1.29 is 19.1 Å². The number of methoxy groups -OCH3 is 1. The number of allylic oxidation sites excluding steroid dienone is 2. The summed E-state index contributed by atoms with van der Waals surface area (Å²) in [5.41, 5.74) is 4.82. The van der Waals surface area contributed by atoms with E-state index in [1.54, 1.807) is 50.9 Å². The largest absolute Gasteiger partial charge is 0.466 e. The van der Waals surface area contributed by atoms with Crippen molar-refractivity contribution in [3.8, 4) is 0 Å². The van der Waals surface area contributed by atoms with E-state index in [9.17, 15) is 9.59 Å². The zero-order valence-corrected chi connectivity index (χ0v) is 20.5. The van der Waals surface area contributed by atoms with Crippen molar-refractivity contribution in [3.63, 3.8) is 0 Å². The van der Waals surface area contributed by atoms with Crippen molar-refractivity contribution in [2.24, 2.45) is 0 Å². The number of hydrogen-bond acceptors (Lipinski definition) is 7. The van der Waals surface area contributed by atoms with Gasteiger partial charge in [-0.2, -0.15) is 0 Å². The van der Waals surface area contributed by atoms with Crippen molar-refractivity contribution in [2.45, 2.75) is 26.3 Å². The number of nitrogens with zero attached hydrogens (tertiary/aromatic N) is 3. The molecule has 0 amide bonds. The molecule has 0 spiro atoms. The molecule has 0 aliphatic carbocycles. The van der Waals surface area contributed by atoms with Gasteiger partial charge in [0.05, 0.1) is 30.5 Å². The Labute approximate surface area is 210 Å². The fourth-order valence-corrected chi connectivity index (χ4v) is 4.24. The molecule has 1 atom stereocenters. The Morgan fingerprint density at radius 1 is 1.03 bits per heavy atom. The third-order valence-corrected chi connectivity index (χ3v) is 5.93. The molecule has 8 nitrogen and oxygen atoms in total. The van der Waals surface area contributed by atoms with Crippen LogP contribution < -0.4 is 5.32 Å². The van der Waals surface area contributed by atoms with Gasteiger partial charge >= 0.3 is 11.9 Å². The molecule has 1 N–H and O–H groups in total. The highest BCUT2D eigenvalue weighted by Gasteiger charge is 2.37. The Morgan fingerprint density at radius 3 is 2.42 bits per heavy atom. The molecule has 0 saturated heterocycles. The highest BCUT2D eigenvalue weighted by Crippen LogP contribution is 2.38. The van der Waals surface area contributed by atoms with E-state index in [0.717, 1.165) is 17.7 Å². The summed E-state index contributed by atoms with van der Waals surface area (Å²) in [6, 6.07) is 11.7. The number of dihydropyridines is 1. The summed E-state index contributed by atoms with van der Waals surface area (Å²) < 4.78 is 12.6. The normalized spacial score (nSPS) is 15.7. The van der Waals surface area contributed by atoms with E-state index in [4.69, 9.17) is 9.47 Å². The molecule has 8 heteroatoms. The lowest BCUT2D eigenvalue weighted by atomic mass is 9.81. The molecule has 1 unspecified atom stereocenters. The number of ether oxygens (including phenoxy) is 2. The number of benzene rings is 1. The zero-order valence-electron chi connectivity index (χ0n) is 20.5. The highest BCUT2D eigenvalue weighted by atomic mass is 16.5. The van der Waals surface area contributed by atoms with Crippen LogP contribution in [0.5, 0.6) is 0 Å². The molecule has 1 aliphatic rings. The van der Waals surface area contributed by atoms with Crippen LogP contribution in [0.15, 0.2) is 96.1 Å². The Balaban J connectivity index is 1.45. The molecule has 1 aromatic carbocycles. The van der Waals surface area contributed by atoms with E-state index in [2.05, 4.69) is 27.4 Å². The number of esters is 2. The van der Waals surface area contributed by atoms with Crippen molar-refractivity contribution >= 4 is 18.0 Å². The fourth-order valence-electron chi connectivity index (χ4n) is 4.24. The summed E-state index contributed by atoms with van der Waals surface area (Å²) in [7, 11) is 1.32. The predicted octanol–water partition coefficient (Wildman–Crippen LogP) is 3.99. The van der Waals surface area contributed by atoms with E-state index in [1.807, 2.05) is 35.0 Å². The second-order valence-electron chi connectivity index (χ2n) is 8.39. The van der Waals surface area contributed by atoms with Gasteiger partial charge in [0.15, 0.2) is 0 Å². The van der Waals surface area contributed by atoms with E-state index < -0.39 is 17.9 Å². The number of rotatable bonds is 8. The van der Waals surface area contributed by atoms with Crippen LogP contribution in [0, 0.1) is 0 Å². The van der Waals surface area contributed by atoms with E-state index in [-0.39, 0.29) is 6.61 Å². The quantitative estimate of drug-likeness (QED) is 0.483. The number of nitrogens with one attached hydrogen (secondary N) is 1. The van der Waals surface area contributed by atoms with Gasteiger partial charge in [-0.05, 0) is 42.7 Å². The van der Waals surface area contributed by atoms with Gasteiger partial charge in [-0.1, -0.05) is 36.4 Å². The molecule has 0 saturated carbocycles. The smallest absolute Gasteiger partial charge is 0.337 e. The topological polar surface area (TPSA) is 95.3 Å². The summed E-state index contributed by atoms with van der Waals surface area (Å²) in [6.45, 7) is 4.41. The fraction of sp³-hybridized carbons (Fsp3) is 0.214. The molecule has 1 aliphatic heterocycles. The van der Waals surface area contributed by atoms with Crippen molar-refractivity contribution in [2.75, 3.05) is 13.7 Å². The van der Waals surface area contributed by atoms with Crippen LogP contribution in [0.25, 0.3) is 6.08 Å². The highest BCUT2D eigenvalue weighted by molar-refractivity contribution is 5.99. The lowest BCUT2D eigenvalue weighted by Crippen LogP contribution is -2.32. The first-order valence-corrected chi connectivity index (χ1v) is 11.5. The molecule has 0 fully saturated rings. The second kappa shape index (κ2) is 11.3. The van der Waals surface area contributed by atoms with Crippen molar-refractivity contribution in [1.29, 1.82) is 0 Å². The van der Waals surface area contributed by atoms with Gasteiger partial charge in [0, 0.05) is 42.7 Å². The molecular formula is C28H28N4O4. The number of carbonyl (C=O) groups excluding carboxylic acids is 2. The monoisotopic (exact) mass is 484 g/mol. The average molecular weight is 485 g/mol. The van der Waals surface area contributed by atoms with Gasteiger partial charge in [0.25, 0.3) is 0 Å². The SMILES string of the molecule is COC(=O)C1=C(C)NC(C)=C(C(=O)OCC=Cc2ccc(Cn3ccnc3)cc2)C1c1cccnc1. The van der Waals surface area contributed by atoms with Gasteiger partial charge in [-0.3, -0.25) is 4.98 Å². The molecule has 0 radical (unpaired) electrons. The number of aromatic nitrogens is 3. The molecule has 0 bridgehead atoms. The van der Waals surface area contributed by atoms with Gasteiger partial charge < -0.3 is 19.4 Å². The van der Waals surface area contributed by atoms with Crippen LogP contribution in [0.3, 0.4) is 0 Å². The number of pyridine rings is 1. The zero-order chi connectivity index (χ0) is 25.5. The first kappa shape index (κ1) is 24.7. The van der Waals surface area contributed by atoms with E-state index >= 15 is 0 Å². The predicted molar refractivity (Wildman–Crippen MR) is 135 cm³/mol. The summed E-state index contributed by atoms with van der Waals surface area (Å²) >= 11 is 0. The maximum atomic E-state index is 13.2. The Hall–Kier alpha value is -4.46. The average Bonchev–Trinajstić information content (AvgIpc) is 3.40. The van der Waals surface area contributed by atoms with Gasteiger partial charge in [-0.15, -0.1) is 0 Å². The Kier molecular flexibility index (Phi) is 7.75. The van der Waals surface area contributed by atoms with Crippen LogP contribution in [-0.2, 0) is 25.6 Å².